The van der Waals surface area contributed by atoms with Gasteiger partial charge in [0.05, 0.1) is 12.2 Å². The van der Waals surface area contributed by atoms with Gasteiger partial charge >= 0.3 is 18.3 Å². The van der Waals surface area contributed by atoms with Crippen LogP contribution in [0.15, 0.2) is 66.9 Å². The van der Waals surface area contributed by atoms with Gasteiger partial charge in [-0.05, 0) is 79.0 Å². The number of hydrogen-bond acceptors (Lipinski definition) is 5. The Morgan fingerprint density at radius 2 is 1.55 bits per heavy atom. The molecule has 51 heavy (non-hydrogen) atoms. The second kappa shape index (κ2) is 14.4. The van der Waals surface area contributed by atoms with Crippen LogP contribution in [0.2, 0.25) is 0 Å². The predicted octanol–water partition coefficient (Wildman–Crippen LogP) is 7.75. The minimum atomic E-state index is -5.10. The van der Waals surface area contributed by atoms with Gasteiger partial charge < -0.3 is 10.4 Å². The first-order valence-corrected chi connectivity index (χ1v) is 17.2. The van der Waals surface area contributed by atoms with E-state index in [1.165, 1.54) is 12.8 Å². The predicted molar refractivity (Wildman–Crippen MR) is 182 cm³/mol. The number of rotatable bonds is 10. The van der Waals surface area contributed by atoms with Crippen molar-refractivity contribution < 1.29 is 41.0 Å². The first-order chi connectivity index (χ1) is 24.2. The van der Waals surface area contributed by atoms with Gasteiger partial charge in [0, 0.05) is 36.2 Å². The summed E-state index contributed by atoms with van der Waals surface area (Å²) in [5.41, 5.74) is 0.127. The first kappa shape index (κ1) is 36.6. The molecule has 4 aromatic rings. The van der Waals surface area contributed by atoms with Crippen molar-refractivity contribution in [1.82, 2.24) is 20.1 Å². The van der Waals surface area contributed by atoms with Gasteiger partial charge in [0.2, 0.25) is 5.91 Å². The van der Waals surface area contributed by atoms with Crippen LogP contribution in [0.4, 0.5) is 26.3 Å². The summed E-state index contributed by atoms with van der Waals surface area (Å²) in [7, 11) is 0. The molecule has 0 spiro atoms. The number of carboxylic acid groups (broad SMARTS) is 1. The van der Waals surface area contributed by atoms with E-state index >= 15 is 0 Å². The number of aliphatic carboxylic acids is 1. The third kappa shape index (κ3) is 7.55. The zero-order valence-electron chi connectivity index (χ0n) is 28.2. The number of aromatic nitrogens is 1. The normalized spacial score (nSPS) is 19.4. The summed E-state index contributed by atoms with van der Waals surface area (Å²) in [5.74, 6) is -3.08. The molecule has 2 fully saturated rings. The summed E-state index contributed by atoms with van der Waals surface area (Å²) in [5, 5.41) is 15.6. The van der Waals surface area contributed by atoms with Crippen molar-refractivity contribution in [3.8, 4) is 11.3 Å². The van der Waals surface area contributed by atoms with E-state index in [9.17, 15) is 41.0 Å². The molecule has 13 heteroatoms. The largest absolute Gasteiger partial charge is 0.480 e. The summed E-state index contributed by atoms with van der Waals surface area (Å²) in [6.45, 7) is 1.41. The molecular formula is C38H40F6N4O3. The number of carboxylic acids is 1. The molecule has 0 unspecified atom stereocenters. The lowest BCUT2D eigenvalue weighted by Crippen LogP contribution is -2.59. The number of nitrogens with zero attached hydrogens (tertiary/aromatic N) is 3. The van der Waals surface area contributed by atoms with Gasteiger partial charge in [-0.1, -0.05) is 67.6 Å². The molecule has 7 nitrogen and oxygen atoms in total. The fraction of sp³-hybridized carbons (Fsp3) is 0.447. The van der Waals surface area contributed by atoms with Crippen molar-refractivity contribution in [2.45, 2.75) is 76.4 Å². The molecule has 3 heterocycles. The first-order valence-electron chi connectivity index (χ1n) is 17.2. The van der Waals surface area contributed by atoms with Gasteiger partial charge in [-0.25, -0.2) is 4.79 Å². The quantitative estimate of drug-likeness (QED) is 0.164. The second-order valence-corrected chi connectivity index (χ2v) is 13.7. The van der Waals surface area contributed by atoms with E-state index in [4.69, 9.17) is 4.98 Å². The highest BCUT2D eigenvalue weighted by Gasteiger charge is 2.61. The highest BCUT2D eigenvalue weighted by Crippen LogP contribution is 2.47. The molecule has 6 rings (SSSR count). The Balaban J connectivity index is 1.28. The number of carbonyl (C=O) groups excluding carboxylic acids is 1. The maximum absolute atomic E-state index is 14.4. The van der Waals surface area contributed by atoms with Gasteiger partial charge in [0.1, 0.15) is 11.5 Å². The van der Waals surface area contributed by atoms with Crippen LogP contribution in [0.5, 0.6) is 0 Å². The van der Waals surface area contributed by atoms with Crippen LogP contribution in [0.3, 0.4) is 0 Å². The van der Waals surface area contributed by atoms with Crippen LogP contribution < -0.4 is 5.32 Å². The van der Waals surface area contributed by atoms with Crippen LogP contribution in [0.25, 0.3) is 32.8 Å². The number of nitrogens with one attached hydrogen (secondary N) is 1. The summed E-state index contributed by atoms with van der Waals surface area (Å²) >= 11 is 0. The number of alkyl halides is 6. The number of likely N-dealkylation sites (tertiary alicyclic amines) is 2. The van der Waals surface area contributed by atoms with Crippen molar-refractivity contribution >= 4 is 33.4 Å². The molecule has 1 amide bonds. The molecule has 0 aliphatic carbocycles. The maximum atomic E-state index is 14.4. The fourth-order valence-electron chi connectivity index (χ4n) is 7.84. The van der Waals surface area contributed by atoms with Crippen molar-refractivity contribution in [1.29, 1.82) is 0 Å². The standard InChI is InChI=1S/C38H40F6N4O3/c1-2-26-9-7-17-48(26)22-25-21-45-33(30-11-4-3-10-28(25)30)31-14-6-12-27-24(8-5-13-29(27)31)20-32(34(49)50)46-35(51)36(38(42,43)44)15-18-47(19-16-36)23-37(39,40)41/h3-6,8,10-14,21,26,32H,2,7,9,15-20,22-23H2,1H3,(H,46,51)(H,49,50)/t26-,32-/m0/s1. The Labute approximate surface area is 291 Å². The Kier molecular flexibility index (Phi) is 10.3. The Morgan fingerprint density at radius 1 is 0.902 bits per heavy atom. The molecular weight excluding hydrogens is 674 g/mol. The highest BCUT2D eigenvalue weighted by molar-refractivity contribution is 6.05. The Morgan fingerprint density at radius 3 is 2.22 bits per heavy atom. The van der Waals surface area contributed by atoms with Gasteiger partial charge in [0.25, 0.3) is 0 Å². The van der Waals surface area contributed by atoms with E-state index in [2.05, 4.69) is 23.2 Å². The maximum Gasteiger partial charge on any atom is 0.403 e. The Hall–Kier alpha value is -4.23. The summed E-state index contributed by atoms with van der Waals surface area (Å²) in [6.07, 6.45) is -6.52. The fourth-order valence-corrected chi connectivity index (χ4v) is 7.84. The lowest BCUT2D eigenvalue weighted by Gasteiger charge is -2.42. The van der Waals surface area contributed by atoms with Crippen LogP contribution in [0.1, 0.15) is 50.2 Å². The van der Waals surface area contributed by atoms with E-state index in [1.54, 1.807) is 18.2 Å². The molecule has 2 atom stereocenters. The lowest BCUT2D eigenvalue weighted by atomic mass is 9.76. The Bertz CT molecular complexity index is 1900. The van der Waals surface area contributed by atoms with Crippen molar-refractivity contribution in [3.63, 3.8) is 0 Å². The smallest absolute Gasteiger partial charge is 0.403 e. The number of benzene rings is 3. The van der Waals surface area contributed by atoms with E-state index in [0.717, 1.165) is 57.4 Å². The van der Waals surface area contributed by atoms with Crippen LogP contribution >= 0.6 is 0 Å². The topological polar surface area (TPSA) is 85.8 Å². The van der Waals surface area contributed by atoms with Gasteiger partial charge in [-0.3, -0.25) is 19.6 Å². The highest BCUT2D eigenvalue weighted by atomic mass is 19.4. The second-order valence-electron chi connectivity index (χ2n) is 13.7. The third-order valence-corrected chi connectivity index (χ3v) is 10.6. The zero-order valence-corrected chi connectivity index (χ0v) is 28.2. The molecule has 272 valence electrons. The van der Waals surface area contributed by atoms with Crippen molar-refractivity contribution in [2.75, 3.05) is 26.2 Å². The van der Waals surface area contributed by atoms with Crippen LogP contribution in [0, 0.1) is 5.41 Å². The molecule has 0 radical (unpaired) electrons. The molecule has 2 N–H and O–H groups in total. The number of piperidine rings is 1. The van der Waals surface area contributed by atoms with Crippen LogP contribution in [-0.4, -0.2) is 82.4 Å². The number of pyridine rings is 1. The van der Waals surface area contributed by atoms with Crippen molar-refractivity contribution in [2.24, 2.45) is 5.41 Å². The van der Waals surface area contributed by atoms with Gasteiger partial charge in [0.15, 0.2) is 0 Å². The summed E-state index contributed by atoms with van der Waals surface area (Å²) < 4.78 is 81.9. The minimum absolute atomic E-state index is 0.322. The summed E-state index contributed by atoms with van der Waals surface area (Å²) in [6, 6.07) is 17.6. The number of amides is 1. The SMILES string of the molecule is CC[C@H]1CCCN1Cc1cnc(-c2cccc3c(C[C@H](NC(=O)C4(C(F)(F)F)CCN(CC(F)(F)F)CC4)C(=O)O)cccc23)c2ccccc12. The number of hydrogen-bond donors (Lipinski definition) is 2. The van der Waals surface area contributed by atoms with Gasteiger partial charge in [-0.15, -0.1) is 0 Å². The molecule has 2 aliphatic heterocycles. The molecule has 0 saturated carbocycles. The van der Waals surface area contributed by atoms with E-state index in [1.807, 2.05) is 42.6 Å². The lowest BCUT2D eigenvalue weighted by molar-refractivity contribution is -0.236. The van der Waals surface area contributed by atoms with Gasteiger partial charge in [-0.2, -0.15) is 26.3 Å². The molecule has 1 aromatic heterocycles. The third-order valence-electron chi connectivity index (χ3n) is 10.6. The van der Waals surface area contributed by atoms with E-state index < -0.39 is 68.2 Å². The molecule has 3 aromatic carbocycles. The number of carbonyl (C=O) groups is 2. The number of halogens is 6. The monoisotopic (exact) mass is 714 g/mol. The molecule has 0 bridgehead atoms. The van der Waals surface area contributed by atoms with E-state index in [0.29, 0.717) is 17.0 Å². The average molecular weight is 715 g/mol. The van der Waals surface area contributed by atoms with Crippen molar-refractivity contribution in [3.05, 3.63) is 78.0 Å². The zero-order chi connectivity index (χ0) is 36.6. The molecule has 2 aliphatic rings. The van der Waals surface area contributed by atoms with E-state index in [-0.39, 0.29) is 6.42 Å². The average Bonchev–Trinajstić information content (AvgIpc) is 3.54. The van der Waals surface area contributed by atoms with Crippen LogP contribution in [-0.2, 0) is 22.6 Å². The number of fused-ring (bicyclic) bond motifs is 2. The minimum Gasteiger partial charge on any atom is -0.480 e. The molecule has 2 saturated heterocycles. The summed E-state index contributed by atoms with van der Waals surface area (Å²) in [4.78, 5) is 34.0.